The van der Waals surface area contributed by atoms with Gasteiger partial charge in [-0.1, -0.05) is 44.2 Å². The second-order valence-electron chi connectivity index (χ2n) is 7.12. The van der Waals surface area contributed by atoms with Crippen LogP contribution in [0.3, 0.4) is 0 Å². The fourth-order valence-electron chi connectivity index (χ4n) is 3.90. The summed E-state index contributed by atoms with van der Waals surface area (Å²) in [5, 5.41) is 14.5. The molecule has 1 saturated heterocycles. The zero-order valence-electron chi connectivity index (χ0n) is 14.0. The van der Waals surface area contributed by atoms with Gasteiger partial charge in [0.2, 0.25) is 0 Å². The van der Waals surface area contributed by atoms with E-state index in [0.29, 0.717) is 11.5 Å². The van der Waals surface area contributed by atoms with Crippen molar-refractivity contribution < 1.29 is 9.90 Å². The second kappa shape index (κ2) is 6.80. The molecule has 1 aliphatic heterocycles. The van der Waals surface area contributed by atoms with Crippen LogP contribution in [0.25, 0.3) is 0 Å². The maximum Gasteiger partial charge on any atom is 0.259 e. The van der Waals surface area contributed by atoms with Crippen molar-refractivity contribution in [1.82, 2.24) is 10.2 Å². The minimum atomic E-state index is -1.45. The summed E-state index contributed by atoms with van der Waals surface area (Å²) >= 11 is 0. The molecule has 1 unspecified atom stereocenters. The second-order valence-corrected chi connectivity index (χ2v) is 7.12. The number of aliphatic hydroxyl groups is 1. The van der Waals surface area contributed by atoms with Gasteiger partial charge in [-0.25, -0.2) is 0 Å². The first kappa shape index (κ1) is 18.2. The lowest BCUT2D eigenvalue weighted by Gasteiger charge is -2.35. The summed E-state index contributed by atoms with van der Waals surface area (Å²) in [7, 11) is 1.82. The van der Waals surface area contributed by atoms with E-state index in [1.165, 1.54) is 0 Å². The molecule has 23 heavy (non-hydrogen) atoms. The number of rotatable bonds is 5. The standard InChI is InChI=1S/C18H26N2O2.ClH/c1-12(2)18(22,13-7-5-4-6-8-13)17(21)20(3)11-16-14-9-19-10-15(14)16;/h4-8,12,14-16,19,22H,9-11H2,1-3H3;1H/t14-,15+,16?,18-;/m0./s1. The van der Waals surface area contributed by atoms with Gasteiger partial charge in [-0.15, -0.1) is 12.4 Å². The third-order valence-corrected chi connectivity index (χ3v) is 5.48. The SMILES string of the molecule is CC(C)[C@@](O)(C(=O)N(C)CC1[C@H]2CNC[C@@H]12)c1ccccc1.Cl. The van der Waals surface area contributed by atoms with Gasteiger partial charge >= 0.3 is 0 Å². The summed E-state index contributed by atoms with van der Waals surface area (Å²) in [6.07, 6.45) is 0. The van der Waals surface area contributed by atoms with Crippen LogP contribution in [0.1, 0.15) is 19.4 Å². The molecule has 0 radical (unpaired) electrons. The lowest BCUT2D eigenvalue weighted by atomic mass is 9.82. The predicted molar refractivity (Wildman–Crippen MR) is 93.4 cm³/mol. The summed E-state index contributed by atoms with van der Waals surface area (Å²) in [6, 6.07) is 9.31. The van der Waals surface area contributed by atoms with Gasteiger partial charge in [-0.3, -0.25) is 4.79 Å². The first-order chi connectivity index (χ1) is 10.5. The average Bonchev–Trinajstić information content (AvgIpc) is 2.96. The molecule has 0 spiro atoms. The predicted octanol–water partition coefficient (Wildman–Crippen LogP) is 1.88. The zero-order chi connectivity index (χ0) is 15.9. The Balaban J connectivity index is 0.00000192. The van der Waals surface area contributed by atoms with E-state index in [1.807, 2.05) is 51.2 Å². The van der Waals surface area contributed by atoms with Crippen molar-refractivity contribution in [2.75, 3.05) is 26.7 Å². The van der Waals surface area contributed by atoms with Crippen LogP contribution in [0.15, 0.2) is 30.3 Å². The van der Waals surface area contributed by atoms with Gasteiger partial charge in [0.05, 0.1) is 0 Å². The molecule has 2 fully saturated rings. The van der Waals surface area contributed by atoms with E-state index in [-0.39, 0.29) is 24.2 Å². The Morgan fingerprint density at radius 1 is 1.30 bits per heavy atom. The third-order valence-electron chi connectivity index (χ3n) is 5.48. The Labute approximate surface area is 144 Å². The molecule has 0 aromatic heterocycles. The maximum absolute atomic E-state index is 13.0. The van der Waals surface area contributed by atoms with Crippen LogP contribution in [0.4, 0.5) is 0 Å². The fourth-order valence-corrected chi connectivity index (χ4v) is 3.90. The van der Waals surface area contributed by atoms with Crippen molar-refractivity contribution in [1.29, 1.82) is 0 Å². The first-order valence-corrected chi connectivity index (χ1v) is 8.20. The molecule has 2 aliphatic rings. The summed E-state index contributed by atoms with van der Waals surface area (Å²) in [6.45, 7) is 6.69. The van der Waals surface area contributed by atoms with Crippen LogP contribution >= 0.6 is 12.4 Å². The van der Waals surface area contributed by atoms with Gasteiger partial charge < -0.3 is 15.3 Å². The fraction of sp³-hybridized carbons (Fsp3) is 0.611. The highest BCUT2D eigenvalue weighted by molar-refractivity contribution is 5.86. The van der Waals surface area contributed by atoms with Gasteiger partial charge in [0.25, 0.3) is 5.91 Å². The van der Waals surface area contributed by atoms with Crippen molar-refractivity contribution >= 4 is 18.3 Å². The number of benzene rings is 1. The van der Waals surface area contributed by atoms with Crippen molar-refractivity contribution in [3.63, 3.8) is 0 Å². The van der Waals surface area contributed by atoms with E-state index in [1.54, 1.807) is 4.90 Å². The number of nitrogens with zero attached hydrogens (tertiary/aromatic N) is 1. The topological polar surface area (TPSA) is 52.6 Å². The molecular formula is C18H27ClN2O2. The minimum absolute atomic E-state index is 0. The van der Waals surface area contributed by atoms with Gasteiger partial charge in [0.15, 0.2) is 5.60 Å². The Morgan fingerprint density at radius 3 is 2.39 bits per heavy atom. The molecule has 2 N–H and O–H groups in total. The molecular weight excluding hydrogens is 312 g/mol. The van der Waals surface area contributed by atoms with Crippen LogP contribution in [0.2, 0.25) is 0 Å². The molecule has 1 heterocycles. The third kappa shape index (κ3) is 3.12. The Morgan fingerprint density at radius 2 is 1.87 bits per heavy atom. The van der Waals surface area contributed by atoms with Crippen LogP contribution in [-0.2, 0) is 10.4 Å². The number of likely N-dealkylation sites (N-methyl/N-ethyl adjacent to an activating group) is 1. The van der Waals surface area contributed by atoms with Gasteiger partial charge in [-0.05, 0) is 42.3 Å². The van der Waals surface area contributed by atoms with Gasteiger partial charge in [0.1, 0.15) is 0 Å². The number of hydrogen-bond donors (Lipinski definition) is 2. The number of fused-ring (bicyclic) bond motifs is 1. The molecule has 1 aromatic carbocycles. The summed E-state index contributed by atoms with van der Waals surface area (Å²) in [5.41, 5.74) is -0.766. The van der Waals surface area contributed by atoms with E-state index in [9.17, 15) is 9.90 Å². The molecule has 1 aromatic rings. The Kier molecular flexibility index (Phi) is 5.39. The number of nitrogens with one attached hydrogen (secondary N) is 1. The highest BCUT2D eigenvalue weighted by Gasteiger charge is 2.54. The van der Waals surface area contributed by atoms with Crippen molar-refractivity contribution in [2.24, 2.45) is 23.7 Å². The van der Waals surface area contributed by atoms with Crippen molar-refractivity contribution in [2.45, 2.75) is 19.4 Å². The summed E-state index contributed by atoms with van der Waals surface area (Å²) in [5.74, 6) is 1.68. The largest absolute Gasteiger partial charge is 0.375 e. The molecule has 1 aliphatic carbocycles. The van der Waals surface area contributed by atoms with Crippen LogP contribution < -0.4 is 5.32 Å². The molecule has 4 atom stereocenters. The maximum atomic E-state index is 13.0. The smallest absolute Gasteiger partial charge is 0.259 e. The van der Waals surface area contributed by atoms with Crippen molar-refractivity contribution in [3.05, 3.63) is 35.9 Å². The summed E-state index contributed by atoms with van der Waals surface area (Å²) in [4.78, 5) is 14.7. The van der Waals surface area contributed by atoms with E-state index in [2.05, 4.69) is 5.32 Å². The van der Waals surface area contributed by atoms with Gasteiger partial charge in [0, 0.05) is 13.6 Å². The summed E-state index contributed by atoms with van der Waals surface area (Å²) < 4.78 is 0. The monoisotopic (exact) mass is 338 g/mol. The normalized spacial score (nSPS) is 27.8. The molecule has 3 rings (SSSR count). The van der Waals surface area contributed by atoms with Crippen LogP contribution in [-0.4, -0.2) is 42.6 Å². The average molecular weight is 339 g/mol. The zero-order valence-corrected chi connectivity index (χ0v) is 14.8. The molecule has 1 amide bonds. The van der Waals surface area contributed by atoms with Gasteiger partial charge in [-0.2, -0.15) is 0 Å². The number of amides is 1. The number of piperidine rings is 1. The number of halogens is 1. The Hall–Kier alpha value is -1.10. The highest BCUT2D eigenvalue weighted by atomic mass is 35.5. The van der Waals surface area contributed by atoms with E-state index in [4.69, 9.17) is 0 Å². The lowest BCUT2D eigenvalue weighted by molar-refractivity contribution is -0.156. The van der Waals surface area contributed by atoms with E-state index >= 15 is 0 Å². The molecule has 128 valence electrons. The van der Waals surface area contributed by atoms with Crippen LogP contribution in [0, 0.1) is 23.7 Å². The Bertz CT molecular complexity index is 541. The quantitative estimate of drug-likeness (QED) is 0.862. The molecule has 4 nitrogen and oxygen atoms in total. The first-order valence-electron chi connectivity index (χ1n) is 8.20. The minimum Gasteiger partial charge on any atom is -0.375 e. The highest BCUT2D eigenvalue weighted by Crippen LogP contribution is 2.49. The molecule has 5 heteroatoms. The molecule has 0 bridgehead atoms. The van der Waals surface area contributed by atoms with Crippen LogP contribution in [0.5, 0.6) is 0 Å². The van der Waals surface area contributed by atoms with Crippen molar-refractivity contribution in [3.8, 4) is 0 Å². The molecule has 1 saturated carbocycles. The lowest BCUT2D eigenvalue weighted by Crippen LogP contribution is -2.49. The number of carbonyl (C=O) groups excluding carboxylic acids is 1. The number of carbonyl (C=O) groups is 1. The van der Waals surface area contributed by atoms with E-state index in [0.717, 1.165) is 31.5 Å². The van der Waals surface area contributed by atoms with E-state index < -0.39 is 5.60 Å². The number of hydrogen-bond acceptors (Lipinski definition) is 3.